The van der Waals surface area contributed by atoms with Crippen LogP contribution < -0.4 is 10.6 Å². The molecule has 0 aromatic rings. The largest absolute Gasteiger partial charge is 0.480 e. The molecule has 0 aliphatic carbocycles. The van der Waals surface area contributed by atoms with Gasteiger partial charge in [-0.1, -0.05) is 13.8 Å². The van der Waals surface area contributed by atoms with Crippen molar-refractivity contribution in [2.75, 3.05) is 13.6 Å². The molecule has 1 aliphatic rings. The number of rotatable bonds is 5. The van der Waals surface area contributed by atoms with Gasteiger partial charge in [-0.15, -0.1) is 0 Å². The van der Waals surface area contributed by atoms with Crippen molar-refractivity contribution in [3.63, 3.8) is 0 Å². The van der Waals surface area contributed by atoms with Crippen molar-refractivity contribution < 1.29 is 19.5 Å². The van der Waals surface area contributed by atoms with Gasteiger partial charge in [0.2, 0.25) is 5.91 Å². The summed E-state index contributed by atoms with van der Waals surface area (Å²) in [4.78, 5) is 35.8. The van der Waals surface area contributed by atoms with Crippen molar-refractivity contribution >= 4 is 17.9 Å². The molecule has 0 radical (unpaired) electrons. The van der Waals surface area contributed by atoms with E-state index in [2.05, 4.69) is 10.6 Å². The van der Waals surface area contributed by atoms with Gasteiger partial charge < -0.3 is 20.6 Å². The molecule has 0 bridgehead atoms. The van der Waals surface area contributed by atoms with Gasteiger partial charge in [0, 0.05) is 13.6 Å². The van der Waals surface area contributed by atoms with Gasteiger partial charge in [-0.05, 0) is 18.8 Å². The van der Waals surface area contributed by atoms with E-state index in [9.17, 15) is 14.4 Å². The zero-order chi connectivity index (χ0) is 14.6. The first-order valence-corrected chi connectivity index (χ1v) is 6.36. The smallest absolute Gasteiger partial charge is 0.326 e. The second-order valence-electron chi connectivity index (χ2n) is 5.24. The first-order chi connectivity index (χ1) is 8.81. The van der Waals surface area contributed by atoms with Crippen LogP contribution in [0.3, 0.4) is 0 Å². The van der Waals surface area contributed by atoms with Crippen LogP contribution in [-0.4, -0.2) is 53.6 Å². The quantitative estimate of drug-likeness (QED) is 0.656. The number of carbonyl (C=O) groups excluding carboxylic acids is 2. The van der Waals surface area contributed by atoms with Gasteiger partial charge in [-0.2, -0.15) is 0 Å². The molecular weight excluding hydrogens is 250 g/mol. The van der Waals surface area contributed by atoms with Gasteiger partial charge in [0.15, 0.2) is 0 Å². The van der Waals surface area contributed by atoms with E-state index in [0.29, 0.717) is 19.4 Å². The number of aliphatic carboxylic acids is 1. The molecule has 108 valence electrons. The van der Waals surface area contributed by atoms with Crippen LogP contribution in [0.1, 0.15) is 26.7 Å². The number of nitrogens with zero attached hydrogens (tertiary/aromatic N) is 1. The summed E-state index contributed by atoms with van der Waals surface area (Å²) in [5.74, 6) is -1.06. The highest BCUT2D eigenvalue weighted by molar-refractivity contribution is 5.89. The third-order valence-electron chi connectivity index (χ3n) is 3.04. The average Bonchev–Trinajstić information content (AvgIpc) is 2.59. The van der Waals surface area contributed by atoms with Crippen LogP contribution in [0.2, 0.25) is 0 Å². The number of amides is 3. The van der Waals surface area contributed by atoms with E-state index in [1.165, 1.54) is 4.90 Å². The number of hydrogen-bond acceptors (Lipinski definition) is 3. The first kappa shape index (κ1) is 15.3. The zero-order valence-electron chi connectivity index (χ0n) is 11.5. The minimum absolute atomic E-state index is 0.147. The lowest BCUT2D eigenvalue weighted by Gasteiger charge is -2.18. The molecule has 19 heavy (non-hydrogen) atoms. The van der Waals surface area contributed by atoms with Crippen LogP contribution in [0.4, 0.5) is 4.79 Å². The van der Waals surface area contributed by atoms with Crippen molar-refractivity contribution in [3.05, 3.63) is 0 Å². The molecular formula is C12H21N3O4. The van der Waals surface area contributed by atoms with Crippen LogP contribution >= 0.6 is 0 Å². The standard InChI is InChI=1S/C12H21N3O4/c1-7(2)6-9(11(17)18)14-12(19)13-8-4-5-15(3)10(8)16/h7-9H,4-6H2,1-3H3,(H,17,18)(H2,13,14,19)/t8?,9-/m0/s1. The number of likely N-dealkylation sites (tertiary alicyclic amines) is 1. The summed E-state index contributed by atoms with van der Waals surface area (Å²) in [5.41, 5.74) is 0. The van der Waals surface area contributed by atoms with Crippen LogP contribution in [0.15, 0.2) is 0 Å². The van der Waals surface area contributed by atoms with Gasteiger partial charge in [0.1, 0.15) is 12.1 Å². The Bertz CT molecular complexity index is 370. The monoisotopic (exact) mass is 271 g/mol. The highest BCUT2D eigenvalue weighted by Crippen LogP contribution is 2.09. The second kappa shape index (κ2) is 6.40. The van der Waals surface area contributed by atoms with E-state index in [4.69, 9.17) is 5.11 Å². The van der Waals surface area contributed by atoms with Gasteiger partial charge in [0.05, 0.1) is 0 Å². The van der Waals surface area contributed by atoms with Crippen molar-refractivity contribution in [1.29, 1.82) is 0 Å². The van der Waals surface area contributed by atoms with Crippen LogP contribution in [0.25, 0.3) is 0 Å². The molecule has 1 saturated heterocycles. The summed E-state index contributed by atoms with van der Waals surface area (Å²) in [6, 6.07) is -2.10. The average molecular weight is 271 g/mol. The van der Waals surface area contributed by atoms with Crippen LogP contribution in [0, 0.1) is 5.92 Å². The number of carboxylic acid groups (broad SMARTS) is 1. The maximum Gasteiger partial charge on any atom is 0.326 e. The first-order valence-electron chi connectivity index (χ1n) is 6.36. The molecule has 7 nitrogen and oxygen atoms in total. The Morgan fingerprint density at radius 3 is 2.53 bits per heavy atom. The number of carbonyl (C=O) groups is 3. The minimum atomic E-state index is -1.07. The molecule has 1 aliphatic heterocycles. The lowest BCUT2D eigenvalue weighted by atomic mass is 10.0. The molecule has 0 spiro atoms. The maximum atomic E-state index is 11.7. The summed E-state index contributed by atoms with van der Waals surface area (Å²) < 4.78 is 0. The summed E-state index contributed by atoms with van der Waals surface area (Å²) in [6.45, 7) is 4.36. The molecule has 0 aromatic carbocycles. The summed E-state index contributed by atoms with van der Waals surface area (Å²) in [5, 5.41) is 13.9. The molecule has 3 N–H and O–H groups in total. The third-order valence-corrected chi connectivity index (χ3v) is 3.04. The van der Waals surface area contributed by atoms with E-state index in [1.54, 1.807) is 7.05 Å². The Labute approximate surface area is 112 Å². The molecule has 0 aromatic heterocycles. The van der Waals surface area contributed by atoms with E-state index in [-0.39, 0.29) is 11.8 Å². The fraction of sp³-hybridized carbons (Fsp3) is 0.750. The summed E-state index contributed by atoms with van der Waals surface area (Å²) >= 11 is 0. The van der Waals surface area contributed by atoms with Gasteiger partial charge >= 0.3 is 12.0 Å². The number of nitrogens with one attached hydrogen (secondary N) is 2. The summed E-state index contributed by atoms with van der Waals surface area (Å²) in [6.07, 6.45) is 0.895. The molecule has 2 atom stereocenters. The SMILES string of the molecule is CC(C)C[C@H](NC(=O)NC1CCN(C)C1=O)C(=O)O. The fourth-order valence-electron chi connectivity index (χ4n) is 2.01. The van der Waals surface area contributed by atoms with E-state index < -0.39 is 24.1 Å². The summed E-state index contributed by atoms with van der Waals surface area (Å²) in [7, 11) is 1.67. The molecule has 0 saturated carbocycles. The van der Waals surface area contributed by atoms with Crippen molar-refractivity contribution in [3.8, 4) is 0 Å². The number of hydrogen-bond donors (Lipinski definition) is 3. The Morgan fingerprint density at radius 1 is 1.47 bits per heavy atom. The Balaban J connectivity index is 2.49. The molecule has 1 fully saturated rings. The Kier molecular flexibility index (Phi) is 5.14. The highest BCUT2D eigenvalue weighted by atomic mass is 16.4. The van der Waals surface area contributed by atoms with Gasteiger partial charge in [-0.25, -0.2) is 9.59 Å². The van der Waals surface area contributed by atoms with Gasteiger partial charge in [-0.3, -0.25) is 4.79 Å². The molecule has 1 rings (SSSR count). The zero-order valence-corrected chi connectivity index (χ0v) is 11.5. The molecule has 7 heteroatoms. The predicted molar refractivity (Wildman–Crippen MR) is 68.6 cm³/mol. The van der Waals surface area contributed by atoms with Crippen LogP contribution in [0.5, 0.6) is 0 Å². The Morgan fingerprint density at radius 2 is 2.11 bits per heavy atom. The molecule has 1 heterocycles. The number of carboxylic acids is 1. The van der Waals surface area contributed by atoms with Gasteiger partial charge in [0.25, 0.3) is 0 Å². The van der Waals surface area contributed by atoms with Crippen molar-refractivity contribution in [1.82, 2.24) is 15.5 Å². The van der Waals surface area contributed by atoms with E-state index in [0.717, 1.165) is 0 Å². The lowest BCUT2D eigenvalue weighted by Crippen LogP contribution is -2.51. The number of urea groups is 1. The van der Waals surface area contributed by atoms with Crippen LogP contribution in [-0.2, 0) is 9.59 Å². The second-order valence-corrected chi connectivity index (χ2v) is 5.24. The normalized spacial score (nSPS) is 20.5. The lowest BCUT2D eigenvalue weighted by molar-refractivity contribution is -0.139. The van der Waals surface area contributed by atoms with E-state index >= 15 is 0 Å². The number of likely N-dealkylation sites (N-methyl/N-ethyl adjacent to an activating group) is 1. The van der Waals surface area contributed by atoms with Crippen molar-refractivity contribution in [2.45, 2.75) is 38.8 Å². The fourth-order valence-corrected chi connectivity index (χ4v) is 2.01. The van der Waals surface area contributed by atoms with Crippen molar-refractivity contribution in [2.24, 2.45) is 5.92 Å². The molecule has 1 unspecified atom stereocenters. The molecule has 3 amide bonds. The minimum Gasteiger partial charge on any atom is -0.480 e. The topological polar surface area (TPSA) is 98.7 Å². The van der Waals surface area contributed by atoms with E-state index in [1.807, 2.05) is 13.8 Å². The highest BCUT2D eigenvalue weighted by Gasteiger charge is 2.31. The predicted octanol–water partition coefficient (Wildman–Crippen LogP) is 0.0156. The Hall–Kier alpha value is -1.79. The third kappa shape index (κ3) is 4.42. The maximum absolute atomic E-state index is 11.7.